The lowest BCUT2D eigenvalue weighted by molar-refractivity contribution is -0.137. The Morgan fingerprint density at radius 3 is 2.04 bits per heavy atom. The Kier molecular flexibility index (Phi) is 5.93. The van der Waals surface area contributed by atoms with Gasteiger partial charge in [0.05, 0.1) is 17.3 Å². The van der Waals surface area contributed by atoms with Crippen LogP contribution >= 0.6 is 0 Å². The van der Waals surface area contributed by atoms with Gasteiger partial charge in [-0.05, 0) is 30.5 Å². The zero-order valence-corrected chi connectivity index (χ0v) is 15.2. The molecule has 6 heteroatoms. The summed E-state index contributed by atoms with van der Waals surface area (Å²) in [5.41, 5.74) is 0.980. The molecule has 1 N–H and O–H groups in total. The number of oxazole rings is 1. The Hall–Kier alpha value is -1.82. The van der Waals surface area contributed by atoms with Crippen LogP contribution in [0.1, 0.15) is 75.3 Å². The van der Waals surface area contributed by atoms with Crippen LogP contribution in [0.3, 0.4) is 0 Å². The van der Waals surface area contributed by atoms with Crippen molar-refractivity contribution in [1.82, 2.24) is 10.3 Å². The van der Waals surface area contributed by atoms with Gasteiger partial charge in [-0.3, -0.25) is 0 Å². The second kappa shape index (κ2) is 7.60. The highest BCUT2D eigenvalue weighted by Gasteiger charge is 2.30. The number of benzene rings is 1. The number of nitrogens with zero attached hydrogens (tertiary/aromatic N) is 1. The molecular weight excluding hydrogens is 329 g/mol. The molecule has 3 nitrogen and oxygen atoms in total. The number of halogens is 3. The number of aromatic nitrogens is 1. The molecule has 2 atom stereocenters. The SMILES string of the molecule is CC(C)c1nc(C(C)NC(c2ccc(C(F)(F)F)cc2)C(C)C)co1. The predicted octanol–water partition coefficient (Wildman–Crippen LogP) is 5.86. The normalized spacial score (nSPS) is 15.0. The number of nitrogens with one attached hydrogen (secondary N) is 1. The monoisotopic (exact) mass is 354 g/mol. The summed E-state index contributed by atoms with van der Waals surface area (Å²) in [6.45, 7) is 10.1. The minimum Gasteiger partial charge on any atom is -0.448 e. The van der Waals surface area contributed by atoms with E-state index in [1.54, 1.807) is 6.26 Å². The van der Waals surface area contributed by atoms with Gasteiger partial charge in [-0.25, -0.2) is 4.98 Å². The molecule has 0 fully saturated rings. The third-order valence-electron chi connectivity index (χ3n) is 4.17. The lowest BCUT2D eigenvalue weighted by Crippen LogP contribution is -2.28. The van der Waals surface area contributed by atoms with Crippen molar-refractivity contribution in [2.75, 3.05) is 0 Å². The molecule has 0 aliphatic rings. The maximum atomic E-state index is 12.7. The minimum atomic E-state index is -4.32. The standard InChI is InChI=1S/C19H25F3N2O/c1-11(2)17(14-6-8-15(9-7-14)19(20,21)22)23-13(5)16-10-25-18(24-16)12(3)4/h6-13,17,23H,1-5H3. The van der Waals surface area contributed by atoms with Gasteiger partial charge >= 0.3 is 6.18 Å². The van der Waals surface area contributed by atoms with Gasteiger partial charge in [0, 0.05) is 12.0 Å². The fraction of sp³-hybridized carbons (Fsp3) is 0.526. The molecule has 1 aromatic heterocycles. The first-order valence-electron chi connectivity index (χ1n) is 8.48. The van der Waals surface area contributed by atoms with E-state index in [9.17, 15) is 13.2 Å². The Bertz CT molecular complexity index is 675. The van der Waals surface area contributed by atoms with E-state index in [0.29, 0.717) is 5.89 Å². The molecule has 25 heavy (non-hydrogen) atoms. The molecule has 0 saturated carbocycles. The van der Waals surface area contributed by atoms with E-state index in [0.717, 1.165) is 23.4 Å². The van der Waals surface area contributed by atoms with Crippen LogP contribution in [-0.2, 0) is 6.18 Å². The molecule has 138 valence electrons. The van der Waals surface area contributed by atoms with Gasteiger partial charge in [0.25, 0.3) is 0 Å². The molecule has 0 spiro atoms. The molecule has 0 saturated heterocycles. The van der Waals surface area contributed by atoms with E-state index in [2.05, 4.69) is 10.3 Å². The third kappa shape index (κ3) is 4.84. The molecule has 2 rings (SSSR count). The van der Waals surface area contributed by atoms with Gasteiger partial charge in [0.15, 0.2) is 5.89 Å². The first-order chi connectivity index (χ1) is 11.6. The highest BCUT2D eigenvalue weighted by molar-refractivity contribution is 5.27. The summed E-state index contributed by atoms with van der Waals surface area (Å²) in [4.78, 5) is 4.48. The largest absolute Gasteiger partial charge is 0.448 e. The first kappa shape index (κ1) is 19.5. The summed E-state index contributed by atoms with van der Waals surface area (Å²) in [7, 11) is 0. The van der Waals surface area contributed by atoms with Gasteiger partial charge in [-0.2, -0.15) is 13.2 Å². The predicted molar refractivity (Wildman–Crippen MR) is 91.2 cm³/mol. The zero-order valence-electron chi connectivity index (χ0n) is 15.2. The molecule has 2 unspecified atom stereocenters. The van der Waals surface area contributed by atoms with Crippen molar-refractivity contribution in [3.8, 4) is 0 Å². The summed E-state index contributed by atoms with van der Waals surface area (Å²) in [5.74, 6) is 1.09. The molecular formula is C19H25F3N2O. The summed E-state index contributed by atoms with van der Waals surface area (Å²) >= 11 is 0. The third-order valence-corrected chi connectivity index (χ3v) is 4.17. The minimum absolute atomic E-state index is 0.0778. The van der Waals surface area contributed by atoms with Crippen molar-refractivity contribution < 1.29 is 17.6 Å². The molecule has 1 heterocycles. The summed E-state index contributed by atoms with van der Waals surface area (Å²) < 4.78 is 43.7. The Morgan fingerprint density at radius 2 is 1.60 bits per heavy atom. The Balaban J connectivity index is 2.17. The van der Waals surface area contributed by atoms with E-state index in [4.69, 9.17) is 4.42 Å². The average molecular weight is 354 g/mol. The van der Waals surface area contributed by atoms with E-state index in [1.165, 1.54) is 12.1 Å². The molecule has 0 radical (unpaired) electrons. The second-order valence-electron chi connectivity index (χ2n) is 7.00. The Labute approximate surface area is 146 Å². The number of hydrogen-bond acceptors (Lipinski definition) is 3. The molecule has 0 aliphatic heterocycles. The van der Waals surface area contributed by atoms with Crippen LogP contribution in [0.25, 0.3) is 0 Å². The van der Waals surface area contributed by atoms with Crippen LogP contribution in [0.5, 0.6) is 0 Å². The zero-order chi connectivity index (χ0) is 18.8. The Morgan fingerprint density at radius 1 is 1.00 bits per heavy atom. The van der Waals surface area contributed by atoms with Crippen molar-refractivity contribution in [2.24, 2.45) is 5.92 Å². The topological polar surface area (TPSA) is 38.1 Å². The van der Waals surface area contributed by atoms with Gasteiger partial charge in [0.2, 0.25) is 0 Å². The van der Waals surface area contributed by atoms with E-state index in [1.807, 2.05) is 34.6 Å². The molecule has 0 bridgehead atoms. The summed E-state index contributed by atoms with van der Waals surface area (Å²) in [6, 6.07) is 5.17. The smallest absolute Gasteiger partial charge is 0.416 e. The van der Waals surface area contributed by atoms with E-state index < -0.39 is 11.7 Å². The highest BCUT2D eigenvalue weighted by Crippen LogP contribution is 2.32. The number of hydrogen-bond donors (Lipinski definition) is 1. The quantitative estimate of drug-likeness (QED) is 0.705. The van der Waals surface area contributed by atoms with Crippen LogP contribution in [0.4, 0.5) is 13.2 Å². The molecule has 0 aliphatic carbocycles. The van der Waals surface area contributed by atoms with Gasteiger partial charge < -0.3 is 9.73 Å². The lowest BCUT2D eigenvalue weighted by Gasteiger charge is -2.26. The van der Waals surface area contributed by atoms with Crippen LogP contribution in [-0.4, -0.2) is 4.98 Å². The van der Waals surface area contributed by atoms with E-state index >= 15 is 0 Å². The number of rotatable bonds is 6. The van der Waals surface area contributed by atoms with Gasteiger partial charge in [-0.15, -0.1) is 0 Å². The first-order valence-corrected chi connectivity index (χ1v) is 8.48. The van der Waals surface area contributed by atoms with Crippen molar-refractivity contribution in [1.29, 1.82) is 0 Å². The second-order valence-corrected chi connectivity index (χ2v) is 7.00. The van der Waals surface area contributed by atoms with Crippen molar-refractivity contribution in [2.45, 2.75) is 58.8 Å². The fourth-order valence-electron chi connectivity index (χ4n) is 2.67. The van der Waals surface area contributed by atoms with Gasteiger partial charge in [0.1, 0.15) is 6.26 Å². The highest BCUT2D eigenvalue weighted by atomic mass is 19.4. The van der Waals surface area contributed by atoms with Crippen molar-refractivity contribution >= 4 is 0 Å². The van der Waals surface area contributed by atoms with Crippen molar-refractivity contribution in [3.63, 3.8) is 0 Å². The molecule has 2 aromatic rings. The van der Waals surface area contributed by atoms with Crippen LogP contribution in [0.15, 0.2) is 34.9 Å². The van der Waals surface area contributed by atoms with Crippen molar-refractivity contribution in [3.05, 3.63) is 53.2 Å². The maximum absolute atomic E-state index is 12.7. The summed E-state index contributed by atoms with van der Waals surface area (Å²) in [5, 5.41) is 3.46. The fourth-order valence-corrected chi connectivity index (χ4v) is 2.67. The van der Waals surface area contributed by atoms with Crippen LogP contribution < -0.4 is 5.32 Å². The van der Waals surface area contributed by atoms with E-state index in [-0.39, 0.29) is 23.9 Å². The van der Waals surface area contributed by atoms with Crippen LogP contribution in [0, 0.1) is 5.92 Å². The lowest BCUT2D eigenvalue weighted by atomic mass is 9.94. The average Bonchev–Trinajstić information content (AvgIpc) is 3.01. The molecule has 0 amide bonds. The van der Waals surface area contributed by atoms with Gasteiger partial charge in [-0.1, -0.05) is 39.8 Å². The van der Waals surface area contributed by atoms with Crippen LogP contribution in [0.2, 0.25) is 0 Å². The number of alkyl halides is 3. The summed E-state index contributed by atoms with van der Waals surface area (Å²) in [6.07, 6.45) is -2.68. The maximum Gasteiger partial charge on any atom is 0.416 e. The molecule has 1 aromatic carbocycles.